The molecule has 0 atom stereocenters. The van der Waals surface area contributed by atoms with E-state index in [2.05, 4.69) is 14.9 Å². The van der Waals surface area contributed by atoms with Crippen LogP contribution in [0.4, 0.5) is 10.7 Å². The van der Waals surface area contributed by atoms with Crippen LogP contribution in [0.2, 0.25) is 0 Å². The van der Waals surface area contributed by atoms with Gasteiger partial charge >= 0.3 is 0 Å². The maximum Gasteiger partial charge on any atom is 0.256 e. The van der Waals surface area contributed by atoms with Crippen molar-refractivity contribution in [2.75, 3.05) is 11.1 Å². The van der Waals surface area contributed by atoms with E-state index in [1.165, 1.54) is 6.20 Å². The minimum absolute atomic E-state index is 0.198. The molecular weight excluding hydrogens is 224 g/mol. The normalized spacial score (nSPS) is 10.1. The first-order valence-electron chi connectivity index (χ1n) is 4.62. The maximum atomic E-state index is 11.9. The number of nitrogens with zero attached hydrogens (tertiary/aromatic N) is 2. The van der Waals surface area contributed by atoms with E-state index in [0.29, 0.717) is 16.3 Å². The van der Waals surface area contributed by atoms with Crippen LogP contribution in [0.1, 0.15) is 15.9 Å². The van der Waals surface area contributed by atoms with E-state index in [-0.39, 0.29) is 5.91 Å². The van der Waals surface area contributed by atoms with Gasteiger partial charge in [0.25, 0.3) is 5.91 Å². The van der Waals surface area contributed by atoms with Gasteiger partial charge in [-0.1, -0.05) is 10.6 Å². The summed E-state index contributed by atoms with van der Waals surface area (Å²) in [7, 11) is 0. The monoisotopic (exact) mass is 234 g/mol. The molecule has 0 aliphatic heterocycles. The fourth-order valence-electron chi connectivity index (χ4n) is 1.30. The van der Waals surface area contributed by atoms with E-state index in [4.69, 9.17) is 5.73 Å². The minimum atomic E-state index is -0.198. The summed E-state index contributed by atoms with van der Waals surface area (Å²) >= 11 is 1.13. The van der Waals surface area contributed by atoms with Crippen LogP contribution < -0.4 is 11.1 Å². The zero-order chi connectivity index (χ0) is 11.5. The molecular formula is C10H10N4OS. The zero-order valence-corrected chi connectivity index (χ0v) is 9.41. The predicted octanol–water partition coefficient (Wildman–Crippen LogP) is 1.68. The average molecular weight is 234 g/mol. The molecule has 0 aliphatic carbocycles. The Bertz CT molecular complexity index is 510. The third kappa shape index (κ3) is 2.01. The number of carbonyl (C=O) groups excluding carboxylic acids is 1. The number of hydrogen-bond donors (Lipinski definition) is 2. The van der Waals surface area contributed by atoms with Gasteiger partial charge in [0.05, 0.1) is 6.20 Å². The van der Waals surface area contributed by atoms with Crippen molar-refractivity contribution in [3.63, 3.8) is 0 Å². The van der Waals surface area contributed by atoms with Crippen molar-refractivity contribution in [1.29, 1.82) is 0 Å². The van der Waals surface area contributed by atoms with Gasteiger partial charge in [-0.3, -0.25) is 4.79 Å². The quantitative estimate of drug-likeness (QED) is 0.775. The van der Waals surface area contributed by atoms with Crippen molar-refractivity contribution in [1.82, 2.24) is 9.59 Å². The second-order valence-electron chi connectivity index (χ2n) is 3.26. The number of benzene rings is 1. The highest BCUT2D eigenvalue weighted by Crippen LogP contribution is 2.18. The number of nitrogens with one attached hydrogen (secondary N) is 1. The standard InChI is InChI=1S/C10H10N4OS/c1-6-7(3-2-4-8(6)11)10(15)13-9-5-12-14-16-9/h2-5H,11H2,1H3,(H,13,15). The van der Waals surface area contributed by atoms with Crippen LogP contribution in [-0.4, -0.2) is 15.5 Å². The predicted molar refractivity (Wildman–Crippen MR) is 63.5 cm³/mol. The molecule has 0 unspecified atom stereocenters. The van der Waals surface area contributed by atoms with Crippen LogP contribution in [-0.2, 0) is 0 Å². The van der Waals surface area contributed by atoms with Gasteiger partial charge in [0, 0.05) is 22.8 Å². The lowest BCUT2D eigenvalue weighted by atomic mass is 10.1. The molecule has 1 amide bonds. The SMILES string of the molecule is Cc1c(N)cccc1C(=O)Nc1cnns1. The van der Waals surface area contributed by atoms with Crippen molar-refractivity contribution in [3.05, 3.63) is 35.5 Å². The van der Waals surface area contributed by atoms with Gasteiger partial charge in [-0.2, -0.15) is 0 Å². The van der Waals surface area contributed by atoms with Gasteiger partial charge in [0.1, 0.15) is 5.00 Å². The minimum Gasteiger partial charge on any atom is -0.398 e. The highest BCUT2D eigenvalue weighted by molar-refractivity contribution is 7.10. The third-order valence-corrected chi connectivity index (χ3v) is 2.80. The summed E-state index contributed by atoms with van der Waals surface area (Å²) in [6.45, 7) is 1.81. The number of carbonyl (C=O) groups is 1. The Hall–Kier alpha value is -1.95. The van der Waals surface area contributed by atoms with Gasteiger partial charge < -0.3 is 11.1 Å². The molecule has 0 spiro atoms. The first kappa shape index (κ1) is 10.6. The molecule has 2 rings (SSSR count). The summed E-state index contributed by atoms with van der Waals surface area (Å²) in [6.07, 6.45) is 1.50. The third-order valence-electron chi connectivity index (χ3n) is 2.22. The number of rotatable bonds is 2. The number of nitrogens with two attached hydrogens (primary N) is 1. The van der Waals surface area contributed by atoms with E-state index in [9.17, 15) is 4.79 Å². The highest BCUT2D eigenvalue weighted by Gasteiger charge is 2.11. The lowest BCUT2D eigenvalue weighted by Gasteiger charge is -2.07. The van der Waals surface area contributed by atoms with Crippen molar-refractivity contribution >= 4 is 28.1 Å². The Kier molecular flexibility index (Phi) is 2.82. The molecule has 0 saturated heterocycles. The fraction of sp³-hybridized carbons (Fsp3) is 0.100. The summed E-state index contributed by atoms with van der Waals surface area (Å²) in [5, 5.41) is 6.96. The molecule has 0 radical (unpaired) electrons. The van der Waals surface area contributed by atoms with Crippen LogP contribution in [0.15, 0.2) is 24.4 Å². The molecule has 2 aromatic rings. The Labute approximate surface area is 96.5 Å². The molecule has 0 bridgehead atoms. The van der Waals surface area contributed by atoms with E-state index < -0.39 is 0 Å². The van der Waals surface area contributed by atoms with Gasteiger partial charge in [-0.25, -0.2) is 0 Å². The molecule has 82 valence electrons. The largest absolute Gasteiger partial charge is 0.398 e. The number of nitrogen functional groups attached to an aromatic ring is 1. The van der Waals surface area contributed by atoms with Crippen molar-refractivity contribution in [3.8, 4) is 0 Å². The summed E-state index contributed by atoms with van der Waals surface area (Å²) in [5.74, 6) is -0.198. The highest BCUT2D eigenvalue weighted by atomic mass is 32.1. The van der Waals surface area contributed by atoms with E-state index in [1.807, 2.05) is 6.92 Å². The molecule has 0 saturated carbocycles. The lowest BCUT2D eigenvalue weighted by molar-refractivity contribution is 0.102. The summed E-state index contributed by atoms with van der Waals surface area (Å²) in [4.78, 5) is 11.9. The molecule has 16 heavy (non-hydrogen) atoms. The van der Waals surface area contributed by atoms with Crippen LogP contribution in [0.5, 0.6) is 0 Å². The summed E-state index contributed by atoms with van der Waals surface area (Å²) < 4.78 is 3.66. The number of hydrogen-bond acceptors (Lipinski definition) is 5. The van der Waals surface area contributed by atoms with Gasteiger partial charge in [0.2, 0.25) is 0 Å². The Morgan fingerprint density at radius 3 is 3.00 bits per heavy atom. The van der Waals surface area contributed by atoms with Crippen LogP contribution in [0, 0.1) is 6.92 Å². The number of anilines is 2. The van der Waals surface area contributed by atoms with E-state index in [1.54, 1.807) is 18.2 Å². The van der Waals surface area contributed by atoms with Crippen molar-refractivity contribution < 1.29 is 4.79 Å². The first-order valence-corrected chi connectivity index (χ1v) is 5.39. The lowest BCUT2D eigenvalue weighted by Crippen LogP contribution is -2.13. The van der Waals surface area contributed by atoms with E-state index >= 15 is 0 Å². The van der Waals surface area contributed by atoms with Crippen LogP contribution in [0.3, 0.4) is 0 Å². The summed E-state index contributed by atoms with van der Waals surface area (Å²) in [6, 6.07) is 5.25. The Morgan fingerprint density at radius 1 is 1.50 bits per heavy atom. The topological polar surface area (TPSA) is 80.9 Å². The molecule has 0 fully saturated rings. The molecule has 1 aromatic carbocycles. The van der Waals surface area contributed by atoms with Gasteiger partial charge in [-0.05, 0) is 24.6 Å². The van der Waals surface area contributed by atoms with Crippen LogP contribution >= 0.6 is 11.5 Å². The van der Waals surface area contributed by atoms with Crippen LogP contribution in [0.25, 0.3) is 0 Å². The Morgan fingerprint density at radius 2 is 2.31 bits per heavy atom. The number of aromatic nitrogens is 2. The first-order chi connectivity index (χ1) is 7.68. The van der Waals surface area contributed by atoms with E-state index in [0.717, 1.165) is 17.1 Å². The fourth-order valence-corrected chi connectivity index (χ4v) is 1.72. The number of amides is 1. The summed E-state index contributed by atoms with van der Waals surface area (Å²) in [5.41, 5.74) is 7.68. The van der Waals surface area contributed by atoms with Crippen molar-refractivity contribution in [2.24, 2.45) is 0 Å². The Balaban J connectivity index is 2.24. The second kappa shape index (κ2) is 4.28. The van der Waals surface area contributed by atoms with Gasteiger partial charge in [-0.15, -0.1) is 5.10 Å². The zero-order valence-electron chi connectivity index (χ0n) is 8.60. The smallest absolute Gasteiger partial charge is 0.256 e. The molecule has 0 aliphatic rings. The molecule has 1 aromatic heterocycles. The molecule has 3 N–H and O–H groups in total. The molecule has 5 nitrogen and oxygen atoms in total. The second-order valence-corrected chi connectivity index (χ2v) is 4.04. The van der Waals surface area contributed by atoms with Gasteiger partial charge in [0.15, 0.2) is 0 Å². The molecule has 6 heteroatoms. The average Bonchev–Trinajstić information content (AvgIpc) is 2.74. The molecule has 1 heterocycles. The maximum absolute atomic E-state index is 11.9. The van der Waals surface area contributed by atoms with Crippen molar-refractivity contribution in [2.45, 2.75) is 6.92 Å².